The Hall–Kier alpha value is -0.0800. The molecule has 0 aromatic heterocycles. The van der Waals surface area contributed by atoms with Gasteiger partial charge in [0.25, 0.3) is 0 Å². The van der Waals surface area contributed by atoms with Gasteiger partial charge < -0.3 is 9.38 Å². The van der Waals surface area contributed by atoms with E-state index < -0.39 is 0 Å². The van der Waals surface area contributed by atoms with Crippen LogP contribution >= 0.6 is 0 Å². The monoisotopic (exact) mass is 169 g/mol. The highest BCUT2D eigenvalue weighted by molar-refractivity contribution is 4.80. The van der Waals surface area contributed by atoms with E-state index in [1.165, 1.54) is 37.1 Å². The average molecular weight is 169 g/mol. The fourth-order valence-electron chi connectivity index (χ4n) is 3.31. The summed E-state index contributed by atoms with van der Waals surface area (Å²) < 4.78 is 1.25. The zero-order valence-corrected chi connectivity index (χ0v) is 8.58. The lowest BCUT2D eigenvalue weighted by Gasteiger charge is -2.47. The lowest BCUT2D eigenvalue weighted by atomic mass is 9.84. The van der Waals surface area contributed by atoms with Gasteiger partial charge >= 0.3 is 0 Å². The molecule has 0 N–H and O–H groups in total. The van der Waals surface area contributed by atoms with Crippen LogP contribution < -0.4 is 0 Å². The second-order valence-corrected chi connectivity index (χ2v) is 5.49. The molecule has 0 spiro atoms. The maximum atomic E-state index is 2.51. The molecule has 2 aliphatic heterocycles. The summed E-state index contributed by atoms with van der Waals surface area (Å²) in [7, 11) is 7.03. The van der Waals surface area contributed by atoms with Gasteiger partial charge in [0.2, 0.25) is 0 Å². The van der Waals surface area contributed by atoms with Crippen LogP contribution in [0.1, 0.15) is 6.42 Å². The Bertz CT molecular complexity index is 157. The first kappa shape index (κ1) is 8.52. The Balaban J connectivity index is 2.06. The molecule has 0 saturated carbocycles. The van der Waals surface area contributed by atoms with Crippen LogP contribution in [-0.4, -0.2) is 56.7 Å². The zero-order valence-electron chi connectivity index (χ0n) is 8.58. The normalized spacial score (nSPS) is 41.2. The summed E-state index contributed by atoms with van der Waals surface area (Å²) in [4.78, 5) is 2.51. The number of quaternary nitrogens is 1. The largest absolute Gasteiger partial charge is 0.328 e. The second kappa shape index (κ2) is 2.71. The average Bonchev–Trinajstić information content (AvgIpc) is 1.78. The van der Waals surface area contributed by atoms with Gasteiger partial charge in [0.1, 0.15) is 0 Å². The van der Waals surface area contributed by atoms with Gasteiger partial charge in [-0.25, -0.2) is 0 Å². The summed E-state index contributed by atoms with van der Waals surface area (Å²) in [6.07, 6.45) is 1.49. The van der Waals surface area contributed by atoms with Gasteiger partial charge in [-0.2, -0.15) is 0 Å². The number of nitrogens with zero attached hydrogens (tertiary/aromatic N) is 2. The van der Waals surface area contributed by atoms with E-state index in [4.69, 9.17) is 0 Å². The summed E-state index contributed by atoms with van der Waals surface area (Å²) in [5.74, 6) is 1.94. The van der Waals surface area contributed by atoms with E-state index >= 15 is 0 Å². The van der Waals surface area contributed by atoms with Gasteiger partial charge in [-0.05, 0) is 13.5 Å². The zero-order chi connectivity index (χ0) is 8.77. The molecule has 0 amide bonds. The molecule has 2 bridgehead atoms. The molecule has 2 nitrogen and oxygen atoms in total. The lowest BCUT2D eigenvalue weighted by Crippen LogP contribution is -2.58. The number of fused-ring (bicyclic) bond motifs is 2. The first-order valence-corrected chi connectivity index (χ1v) is 5.06. The maximum absolute atomic E-state index is 2.51. The van der Waals surface area contributed by atoms with E-state index in [2.05, 4.69) is 26.0 Å². The molecule has 2 heteroatoms. The van der Waals surface area contributed by atoms with Crippen LogP contribution in [0.25, 0.3) is 0 Å². The molecule has 2 saturated heterocycles. The molecule has 2 rings (SSSR count). The van der Waals surface area contributed by atoms with Crippen LogP contribution in [0.5, 0.6) is 0 Å². The minimum Gasteiger partial charge on any atom is -0.328 e. The molecule has 2 fully saturated rings. The van der Waals surface area contributed by atoms with E-state index in [0.29, 0.717) is 0 Å². The minimum atomic E-state index is 0.970. The highest BCUT2D eigenvalue weighted by atomic mass is 15.3. The minimum absolute atomic E-state index is 0.970. The number of hydrogen-bond acceptors (Lipinski definition) is 1. The molecule has 0 aliphatic carbocycles. The Morgan fingerprint density at radius 3 is 2.08 bits per heavy atom. The summed E-state index contributed by atoms with van der Waals surface area (Å²) in [5.41, 5.74) is 0. The van der Waals surface area contributed by atoms with Crippen LogP contribution in [0, 0.1) is 11.8 Å². The van der Waals surface area contributed by atoms with Crippen LogP contribution in [0.3, 0.4) is 0 Å². The van der Waals surface area contributed by atoms with Crippen molar-refractivity contribution >= 4 is 0 Å². The molecular formula is C10H21N2+. The van der Waals surface area contributed by atoms with Crippen molar-refractivity contribution in [1.29, 1.82) is 0 Å². The third kappa shape index (κ3) is 1.64. The van der Waals surface area contributed by atoms with Crippen LogP contribution in [0.4, 0.5) is 0 Å². The predicted molar refractivity (Wildman–Crippen MR) is 50.9 cm³/mol. The molecule has 70 valence electrons. The van der Waals surface area contributed by atoms with Gasteiger partial charge in [-0.1, -0.05) is 0 Å². The smallest absolute Gasteiger partial charge is 0.0823 e. The Morgan fingerprint density at radius 2 is 1.58 bits per heavy atom. The third-order valence-corrected chi connectivity index (χ3v) is 3.31. The van der Waals surface area contributed by atoms with E-state index in [9.17, 15) is 0 Å². The number of hydrogen-bond donors (Lipinski definition) is 0. The van der Waals surface area contributed by atoms with Gasteiger partial charge in [-0.3, -0.25) is 0 Å². The summed E-state index contributed by atoms with van der Waals surface area (Å²) in [6, 6.07) is 0. The van der Waals surface area contributed by atoms with Crippen molar-refractivity contribution in [2.75, 3.05) is 47.3 Å². The van der Waals surface area contributed by atoms with Crippen molar-refractivity contribution in [3.05, 3.63) is 0 Å². The lowest BCUT2D eigenvalue weighted by molar-refractivity contribution is -0.903. The van der Waals surface area contributed by atoms with E-state index in [1.54, 1.807) is 0 Å². The Kier molecular flexibility index (Phi) is 1.92. The second-order valence-electron chi connectivity index (χ2n) is 5.49. The van der Waals surface area contributed by atoms with E-state index in [1.807, 2.05) is 0 Å². The van der Waals surface area contributed by atoms with Gasteiger partial charge in [0, 0.05) is 24.9 Å². The number of rotatable bonds is 0. The van der Waals surface area contributed by atoms with Crippen molar-refractivity contribution in [2.24, 2.45) is 11.8 Å². The molecule has 2 atom stereocenters. The first-order chi connectivity index (χ1) is 5.55. The van der Waals surface area contributed by atoms with Crippen LogP contribution in [-0.2, 0) is 0 Å². The fraction of sp³-hybridized carbons (Fsp3) is 1.00. The highest BCUT2D eigenvalue weighted by Crippen LogP contribution is 2.29. The molecule has 2 heterocycles. The van der Waals surface area contributed by atoms with Crippen LogP contribution in [0.2, 0.25) is 0 Å². The van der Waals surface area contributed by atoms with Crippen molar-refractivity contribution in [3.63, 3.8) is 0 Å². The quantitative estimate of drug-likeness (QED) is 0.481. The topological polar surface area (TPSA) is 3.24 Å². The molecule has 0 radical (unpaired) electrons. The molecule has 2 aliphatic rings. The Morgan fingerprint density at radius 1 is 1.08 bits per heavy atom. The standard InChI is InChI=1S/C10H21N2/c1-11-5-9-4-10(6-11)8-12(2,3)7-9/h9-10H,4-8H2,1-3H3/q+1/t9-,10+. The molecule has 12 heavy (non-hydrogen) atoms. The number of likely N-dealkylation sites (tertiary alicyclic amines) is 2. The highest BCUT2D eigenvalue weighted by Gasteiger charge is 2.38. The third-order valence-electron chi connectivity index (χ3n) is 3.31. The SMILES string of the molecule is CN1C[C@H]2C[C@@H](C1)C[N+](C)(C)C2. The fourth-order valence-corrected chi connectivity index (χ4v) is 3.31. The number of piperidine rings is 2. The van der Waals surface area contributed by atoms with Crippen molar-refractivity contribution in [3.8, 4) is 0 Å². The summed E-state index contributed by atoms with van der Waals surface area (Å²) >= 11 is 0. The van der Waals surface area contributed by atoms with E-state index in [-0.39, 0.29) is 0 Å². The van der Waals surface area contributed by atoms with Gasteiger partial charge in [0.05, 0.1) is 27.2 Å². The first-order valence-electron chi connectivity index (χ1n) is 5.06. The molecule has 0 unspecified atom stereocenters. The van der Waals surface area contributed by atoms with E-state index in [0.717, 1.165) is 11.8 Å². The van der Waals surface area contributed by atoms with Gasteiger partial charge in [-0.15, -0.1) is 0 Å². The van der Waals surface area contributed by atoms with Gasteiger partial charge in [0.15, 0.2) is 0 Å². The molecule has 0 aromatic rings. The molecule has 0 aromatic carbocycles. The van der Waals surface area contributed by atoms with Crippen LogP contribution in [0.15, 0.2) is 0 Å². The molecular weight excluding hydrogens is 148 g/mol. The van der Waals surface area contributed by atoms with Crippen molar-refractivity contribution in [2.45, 2.75) is 6.42 Å². The maximum Gasteiger partial charge on any atom is 0.0823 e. The van der Waals surface area contributed by atoms with Crippen molar-refractivity contribution < 1.29 is 4.48 Å². The Labute approximate surface area is 75.7 Å². The predicted octanol–water partition coefficient (Wildman–Crippen LogP) is 0.644. The summed E-state index contributed by atoms with van der Waals surface area (Å²) in [5, 5.41) is 0. The van der Waals surface area contributed by atoms with Crippen molar-refractivity contribution in [1.82, 2.24) is 4.90 Å². The summed E-state index contributed by atoms with van der Waals surface area (Å²) in [6.45, 7) is 5.44.